The Morgan fingerprint density at radius 1 is 1.62 bits per heavy atom. The first-order valence-electron chi connectivity index (χ1n) is 5.91. The fourth-order valence-electron chi connectivity index (χ4n) is 1.85. The molecule has 0 saturated carbocycles. The van der Waals surface area contributed by atoms with Crippen molar-refractivity contribution in [1.82, 2.24) is 10.6 Å². The average molecular weight is 242 g/mol. The lowest BCUT2D eigenvalue weighted by molar-refractivity contribution is -0.127. The van der Waals surface area contributed by atoms with Gasteiger partial charge < -0.3 is 10.6 Å². The van der Waals surface area contributed by atoms with E-state index in [0.29, 0.717) is 0 Å². The molecular formula is C12H22N2OS. The van der Waals surface area contributed by atoms with Crippen LogP contribution in [0, 0.1) is 0 Å². The fourth-order valence-corrected chi connectivity index (χ4v) is 2.43. The van der Waals surface area contributed by atoms with Gasteiger partial charge in [0.15, 0.2) is 0 Å². The minimum absolute atomic E-state index is 0.145. The van der Waals surface area contributed by atoms with Gasteiger partial charge in [0.1, 0.15) is 0 Å². The van der Waals surface area contributed by atoms with Gasteiger partial charge in [-0.2, -0.15) is 11.8 Å². The fraction of sp³-hybridized carbons (Fsp3) is 0.750. The maximum absolute atomic E-state index is 11.9. The number of carbonyl (C=O) groups is 1. The summed E-state index contributed by atoms with van der Waals surface area (Å²) in [5.41, 5.74) is -0.346. The molecule has 1 atom stereocenters. The Morgan fingerprint density at radius 2 is 2.44 bits per heavy atom. The topological polar surface area (TPSA) is 41.1 Å². The van der Waals surface area contributed by atoms with Gasteiger partial charge in [0.2, 0.25) is 5.91 Å². The molecule has 1 aliphatic heterocycles. The summed E-state index contributed by atoms with van der Waals surface area (Å²) >= 11 is 1.79. The van der Waals surface area contributed by atoms with E-state index in [1.165, 1.54) is 6.42 Å². The molecule has 92 valence electrons. The molecule has 0 spiro atoms. The predicted molar refractivity (Wildman–Crippen MR) is 70.8 cm³/mol. The molecule has 2 N–H and O–H groups in total. The highest BCUT2D eigenvalue weighted by atomic mass is 32.2. The van der Waals surface area contributed by atoms with Crippen LogP contribution in [0.3, 0.4) is 0 Å². The third kappa shape index (κ3) is 4.18. The summed E-state index contributed by atoms with van der Waals surface area (Å²) in [6, 6.07) is 0. The summed E-state index contributed by atoms with van der Waals surface area (Å²) in [6.07, 6.45) is 5.15. The minimum Gasteiger partial charge on any atom is -0.354 e. The summed E-state index contributed by atoms with van der Waals surface area (Å²) in [5, 5.41) is 6.31. The van der Waals surface area contributed by atoms with Crippen LogP contribution in [-0.4, -0.2) is 36.0 Å². The molecule has 0 aromatic heterocycles. The number of hydrogen-bond donors (Lipinski definition) is 2. The third-order valence-electron chi connectivity index (χ3n) is 2.89. The molecule has 0 aromatic carbocycles. The lowest BCUT2D eigenvalue weighted by Crippen LogP contribution is -2.57. The second-order valence-electron chi connectivity index (χ2n) is 4.34. The van der Waals surface area contributed by atoms with Crippen LogP contribution in [0.5, 0.6) is 0 Å². The second kappa shape index (κ2) is 6.97. The van der Waals surface area contributed by atoms with E-state index in [9.17, 15) is 4.79 Å². The molecule has 1 amide bonds. The van der Waals surface area contributed by atoms with Crippen molar-refractivity contribution in [2.75, 3.05) is 24.6 Å². The van der Waals surface area contributed by atoms with Crippen LogP contribution in [-0.2, 0) is 4.79 Å². The maximum Gasteiger partial charge on any atom is 0.240 e. The predicted octanol–water partition coefficient (Wildman–Crippen LogP) is 1.55. The molecule has 1 saturated heterocycles. The van der Waals surface area contributed by atoms with Gasteiger partial charge in [-0.1, -0.05) is 6.08 Å². The first-order chi connectivity index (χ1) is 7.69. The third-order valence-corrected chi connectivity index (χ3v) is 3.85. The van der Waals surface area contributed by atoms with E-state index in [1.54, 1.807) is 11.8 Å². The van der Waals surface area contributed by atoms with Gasteiger partial charge >= 0.3 is 0 Å². The van der Waals surface area contributed by atoms with Crippen LogP contribution in [0.4, 0.5) is 0 Å². The zero-order chi connectivity index (χ0) is 11.9. The SMILES string of the molecule is C=CCSCCNC(=O)C1(C)CCCCN1. The van der Waals surface area contributed by atoms with Gasteiger partial charge in [-0.15, -0.1) is 6.58 Å². The lowest BCUT2D eigenvalue weighted by atomic mass is 9.90. The lowest BCUT2D eigenvalue weighted by Gasteiger charge is -2.33. The summed E-state index contributed by atoms with van der Waals surface area (Å²) in [6.45, 7) is 7.36. The van der Waals surface area contributed by atoms with Crippen molar-refractivity contribution in [2.24, 2.45) is 0 Å². The highest BCUT2D eigenvalue weighted by Crippen LogP contribution is 2.18. The van der Waals surface area contributed by atoms with E-state index < -0.39 is 0 Å². The van der Waals surface area contributed by atoms with Gasteiger partial charge in [-0.3, -0.25) is 4.79 Å². The van der Waals surface area contributed by atoms with Crippen molar-refractivity contribution in [3.63, 3.8) is 0 Å². The Hall–Kier alpha value is -0.480. The van der Waals surface area contributed by atoms with Crippen molar-refractivity contribution in [3.8, 4) is 0 Å². The maximum atomic E-state index is 11.9. The number of thioether (sulfide) groups is 1. The monoisotopic (exact) mass is 242 g/mol. The van der Waals surface area contributed by atoms with Crippen LogP contribution >= 0.6 is 11.8 Å². The highest BCUT2D eigenvalue weighted by molar-refractivity contribution is 7.99. The van der Waals surface area contributed by atoms with E-state index in [2.05, 4.69) is 17.2 Å². The van der Waals surface area contributed by atoms with Crippen LogP contribution < -0.4 is 10.6 Å². The zero-order valence-electron chi connectivity index (χ0n) is 10.1. The largest absolute Gasteiger partial charge is 0.354 e. The number of piperidine rings is 1. The molecule has 0 radical (unpaired) electrons. The van der Waals surface area contributed by atoms with Crippen molar-refractivity contribution in [3.05, 3.63) is 12.7 Å². The molecule has 4 heteroatoms. The molecule has 1 aliphatic rings. The Labute approximate surface area is 102 Å². The minimum atomic E-state index is -0.346. The number of hydrogen-bond acceptors (Lipinski definition) is 3. The van der Waals surface area contributed by atoms with E-state index >= 15 is 0 Å². The van der Waals surface area contributed by atoms with Gasteiger partial charge in [-0.05, 0) is 32.7 Å². The van der Waals surface area contributed by atoms with Crippen molar-refractivity contribution in [2.45, 2.75) is 31.7 Å². The molecule has 1 rings (SSSR count). The quantitative estimate of drug-likeness (QED) is 0.548. The Kier molecular flexibility index (Phi) is 5.91. The van der Waals surface area contributed by atoms with E-state index in [-0.39, 0.29) is 11.4 Å². The Bertz CT molecular complexity index is 237. The average Bonchev–Trinajstić information content (AvgIpc) is 2.29. The summed E-state index contributed by atoms with van der Waals surface area (Å²) in [7, 11) is 0. The van der Waals surface area contributed by atoms with Gasteiger partial charge in [0, 0.05) is 18.1 Å². The number of carbonyl (C=O) groups excluding carboxylic acids is 1. The summed E-state index contributed by atoms with van der Waals surface area (Å²) in [4.78, 5) is 11.9. The molecule has 1 fully saturated rings. The molecule has 0 bridgehead atoms. The Morgan fingerprint density at radius 3 is 3.06 bits per heavy atom. The van der Waals surface area contributed by atoms with E-state index in [4.69, 9.17) is 0 Å². The molecule has 16 heavy (non-hydrogen) atoms. The second-order valence-corrected chi connectivity index (χ2v) is 5.49. The molecule has 0 aliphatic carbocycles. The number of rotatable bonds is 6. The standard InChI is InChI=1S/C12H22N2OS/c1-3-9-16-10-8-13-11(15)12(2)6-4-5-7-14-12/h3,14H,1,4-10H2,2H3,(H,13,15). The van der Waals surface area contributed by atoms with Crippen LogP contribution in [0.25, 0.3) is 0 Å². The van der Waals surface area contributed by atoms with E-state index in [1.807, 2.05) is 13.0 Å². The van der Waals surface area contributed by atoms with Crippen molar-refractivity contribution >= 4 is 17.7 Å². The van der Waals surface area contributed by atoms with E-state index in [0.717, 1.165) is 37.4 Å². The Balaban J connectivity index is 2.20. The molecule has 3 nitrogen and oxygen atoms in total. The summed E-state index contributed by atoms with van der Waals surface area (Å²) < 4.78 is 0. The number of amides is 1. The highest BCUT2D eigenvalue weighted by Gasteiger charge is 2.33. The molecule has 1 heterocycles. The van der Waals surface area contributed by atoms with Crippen molar-refractivity contribution in [1.29, 1.82) is 0 Å². The van der Waals surface area contributed by atoms with Gasteiger partial charge in [0.25, 0.3) is 0 Å². The molecule has 0 aromatic rings. The first-order valence-corrected chi connectivity index (χ1v) is 7.06. The normalized spacial score (nSPS) is 25.1. The number of nitrogens with one attached hydrogen (secondary N) is 2. The first kappa shape index (κ1) is 13.6. The van der Waals surface area contributed by atoms with Crippen LogP contribution in [0.2, 0.25) is 0 Å². The summed E-state index contributed by atoms with van der Waals surface area (Å²) in [5.74, 6) is 2.05. The van der Waals surface area contributed by atoms with Gasteiger partial charge in [-0.25, -0.2) is 0 Å². The van der Waals surface area contributed by atoms with Crippen LogP contribution in [0.1, 0.15) is 26.2 Å². The smallest absolute Gasteiger partial charge is 0.240 e. The van der Waals surface area contributed by atoms with Crippen molar-refractivity contribution < 1.29 is 4.79 Å². The zero-order valence-corrected chi connectivity index (χ0v) is 10.9. The van der Waals surface area contributed by atoms with Gasteiger partial charge in [0.05, 0.1) is 5.54 Å². The molecule has 1 unspecified atom stereocenters. The van der Waals surface area contributed by atoms with Crippen LogP contribution in [0.15, 0.2) is 12.7 Å². The molecular weight excluding hydrogens is 220 g/mol.